The monoisotopic (exact) mass is 432 g/mol. The van der Waals surface area contributed by atoms with Crippen LogP contribution in [0.15, 0.2) is 24.3 Å². The third kappa shape index (κ3) is 5.20. The molecule has 0 unspecified atom stereocenters. The van der Waals surface area contributed by atoms with Crippen LogP contribution in [-0.2, 0) is 15.0 Å². The molecule has 0 spiro atoms. The van der Waals surface area contributed by atoms with Crippen molar-refractivity contribution in [2.24, 2.45) is 0 Å². The van der Waals surface area contributed by atoms with Gasteiger partial charge in [0.2, 0.25) is 11.8 Å². The molecule has 1 aromatic carbocycles. The highest BCUT2D eigenvalue weighted by Crippen LogP contribution is 2.44. The number of hydrogen-bond acceptors (Lipinski definition) is 3. The van der Waals surface area contributed by atoms with Gasteiger partial charge in [0.15, 0.2) is 0 Å². The molecule has 1 N–H and O–H groups in total. The van der Waals surface area contributed by atoms with Gasteiger partial charge in [-0.25, -0.2) is 0 Å². The van der Waals surface area contributed by atoms with E-state index in [0.717, 1.165) is 45.7 Å². The van der Waals surface area contributed by atoms with Crippen LogP contribution in [0.5, 0.6) is 0 Å². The molecule has 30 heavy (non-hydrogen) atoms. The Balaban J connectivity index is 1.64. The molecule has 2 aliphatic rings. The zero-order valence-corrected chi connectivity index (χ0v) is 20.1. The molecule has 0 aliphatic carbocycles. The second-order valence-electron chi connectivity index (χ2n) is 9.52. The van der Waals surface area contributed by atoms with E-state index in [1.165, 1.54) is 16.0 Å². The number of hydrogen-bond donors (Lipinski definition) is 1. The highest BCUT2D eigenvalue weighted by atomic mass is 32.2. The first kappa shape index (κ1) is 23.1. The van der Waals surface area contributed by atoms with Crippen LogP contribution < -0.4 is 4.90 Å². The first-order valence-corrected chi connectivity index (χ1v) is 12.4. The summed E-state index contributed by atoms with van der Waals surface area (Å²) in [5, 5.41) is 0.171. The van der Waals surface area contributed by atoms with Crippen LogP contribution in [0.4, 0.5) is 0 Å². The zero-order chi connectivity index (χ0) is 21.9. The Bertz CT molecular complexity index is 736. The van der Waals surface area contributed by atoms with E-state index in [9.17, 15) is 9.59 Å². The first-order chi connectivity index (χ1) is 14.2. The zero-order valence-electron chi connectivity index (χ0n) is 19.2. The average molecular weight is 433 g/mol. The van der Waals surface area contributed by atoms with E-state index in [0.29, 0.717) is 6.42 Å². The Morgan fingerprint density at radius 2 is 1.77 bits per heavy atom. The van der Waals surface area contributed by atoms with E-state index in [-0.39, 0.29) is 27.9 Å². The predicted octanol–water partition coefficient (Wildman–Crippen LogP) is 2.47. The summed E-state index contributed by atoms with van der Waals surface area (Å²) in [6, 6.07) is 8.84. The lowest BCUT2D eigenvalue weighted by Crippen LogP contribution is -3.15. The Morgan fingerprint density at radius 3 is 2.30 bits per heavy atom. The largest absolute Gasteiger partial charge is 0.331 e. The number of nitrogens with one attached hydrogen (secondary N) is 1. The molecule has 2 atom stereocenters. The normalized spacial score (nSPS) is 23.3. The molecular formula is C24H38N3O2S+. The fourth-order valence-corrected chi connectivity index (χ4v) is 5.74. The smallest absolute Gasteiger partial charge is 0.237 e. The maximum Gasteiger partial charge on any atom is 0.237 e. The second-order valence-corrected chi connectivity index (χ2v) is 10.8. The van der Waals surface area contributed by atoms with Gasteiger partial charge >= 0.3 is 0 Å². The predicted molar refractivity (Wildman–Crippen MR) is 124 cm³/mol. The van der Waals surface area contributed by atoms with Gasteiger partial charge in [0.25, 0.3) is 0 Å². The van der Waals surface area contributed by atoms with Crippen molar-refractivity contribution in [1.29, 1.82) is 0 Å². The van der Waals surface area contributed by atoms with E-state index >= 15 is 0 Å². The molecule has 166 valence electrons. The van der Waals surface area contributed by atoms with E-state index in [2.05, 4.69) is 56.9 Å². The summed E-state index contributed by atoms with van der Waals surface area (Å²) in [4.78, 5) is 30.5. The van der Waals surface area contributed by atoms with Gasteiger partial charge in [-0.15, -0.1) is 11.8 Å². The van der Waals surface area contributed by atoms with Crippen molar-refractivity contribution in [3.63, 3.8) is 0 Å². The molecule has 0 radical (unpaired) electrons. The quantitative estimate of drug-likeness (QED) is 0.751. The van der Waals surface area contributed by atoms with Crippen LogP contribution >= 0.6 is 11.8 Å². The van der Waals surface area contributed by atoms with Crippen LogP contribution in [0.2, 0.25) is 0 Å². The van der Waals surface area contributed by atoms with Crippen LogP contribution in [0, 0.1) is 0 Å². The maximum absolute atomic E-state index is 13.0. The number of benzene rings is 1. The molecular weight excluding hydrogens is 394 g/mol. The molecule has 2 amide bonds. The minimum atomic E-state index is 0.0614. The van der Waals surface area contributed by atoms with Crippen molar-refractivity contribution in [1.82, 2.24) is 9.80 Å². The number of amides is 2. The number of nitrogens with zero attached hydrogens (tertiary/aromatic N) is 2. The number of rotatable bonds is 6. The fraction of sp³-hybridized carbons (Fsp3) is 0.667. The van der Waals surface area contributed by atoms with Gasteiger partial charge in [0.05, 0.1) is 44.5 Å². The van der Waals surface area contributed by atoms with Gasteiger partial charge in [-0.05, 0) is 23.0 Å². The van der Waals surface area contributed by atoms with Gasteiger partial charge in [-0.2, -0.15) is 0 Å². The SMILES string of the molecule is CCC(=O)N1CC[NH+](CCN2C(=O)[C@H](CC)S[C@@H]2c2ccc(C(C)(C)C)cc2)CC1. The number of thioether (sulfide) groups is 1. The summed E-state index contributed by atoms with van der Waals surface area (Å²) in [6.45, 7) is 16.1. The topological polar surface area (TPSA) is 45.1 Å². The number of piperazine rings is 1. The Morgan fingerprint density at radius 1 is 1.13 bits per heavy atom. The Hall–Kier alpha value is -1.53. The minimum Gasteiger partial charge on any atom is -0.331 e. The van der Waals surface area contributed by atoms with Crippen molar-refractivity contribution in [3.05, 3.63) is 35.4 Å². The van der Waals surface area contributed by atoms with Crippen molar-refractivity contribution in [3.8, 4) is 0 Å². The van der Waals surface area contributed by atoms with Gasteiger partial charge < -0.3 is 14.7 Å². The van der Waals surface area contributed by atoms with Gasteiger partial charge in [-0.1, -0.05) is 58.9 Å². The van der Waals surface area contributed by atoms with Crippen LogP contribution in [-0.4, -0.2) is 66.1 Å². The summed E-state index contributed by atoms with van der Waals surface area (Å²) < 4.78 is 0. The third-order valence-corrected chi connectivity index (χ3v) is 8.05. The fourth-order valence-electron chi connectivity index (χ4n) is 4.32. The van der Waals surface area contributed by atoms with Crippen molar-refractivity contribution < 1.29 is 14.5 Å². The number of carbonyl (C=O) groups excluding carboxylic acids is 2. The van der Waals surface area contributed by atoms with Crippen molar-refractivity contribution in [2.75, 3.05) is 39.3 Å². The lowest BCUT2D eigenvalue weighted by Gasteiger charge is -2.33. The van der Waals surface area contributed by atoms with E-state index in [1.54, 1.807) is 11.8 Å². The summed E-state index contributed by atoms with van der Waals surface area (Å²) in [6.07, 6.45) is 1.46. The van der Waals surface area contributed by atoms with Gasteiger partial charge in [-0.3, -0.25) is 9.59 Å². The van der Waals surface area contributed by atoms with Crippen molar-refractivity contribution in [2.45, 2.75) is 63.5 Å². The molecule has 3 rings (SSSR count). The molecule has 1 aromatic rings. The number of carbonyl (C=O) groups is 2. The van der Waals surface area contributed by atoms with Crippen LogP contribution in [0.1, 0.15) is 64.0 Å². The third-order valence-electron chi connectivity index (χ3n) is 6.40. The molecule has 0 saturated carbocycles. The summed E-state index contributed by atoms with van der Waals surface area (Å²) >= 11 is 1.80. The Labute approximate surface area is 186 Å². The maximum atomic E-state index is 13.0. The summed E-state index contributed by atoms with van der Waals surface area (Å²) in [5.74, 6) is 0.538. The molecule has 6 heteroatoms. The molecule has 0 bridgehead atoms. The average Bonchev–Trinajstić information content (AvgIpc) is 3.07. The molecule has 2 fully saturated rings. The Kier molecular flexibility index (Phi) is 7.51. The van der Waals surface area contributed by atoms with E-state index < -0.39 is 0 Å². The van der Waals surface area contributed by atoms with Gasteiger partial charge in [0, 0.05) is 6.42 Å². The van der Waals surface area contributed by atoms with E-state index in [1.807, 2.05) is 11.8 Å². The van der Waals surface area contributed by atoms with Crippen LogP contribution in [0.25, 0.3) is 0 Å². The first-order valence-electron chi connectivity index (χ1n) is 11.4. The highest BCUT2D eigenvalue weighted by molar-refractivity contribution is 8.01. The minimum absolute atomic E-state index is 0.0614. The molecule has 2 aliphatic heterocycles. The lowest BCUT2D eigenvalue weighted by atomic mass is 9.86. The molecule has 2 saturated heterocycles. The second kappa shape index (κ2) is 9.73. The summed E-state index contributed by atoms with van der Waals surface area (Å²) in [7, 11) is 0. The highest BCUT2D eigenvalue weighted by Gasteiger charge is 2.40. The molecule has 2 heterocycles. The van der Waals surface area contributed by atoms with E-state index in [4.69, 9.17) is 0 Å². The standard InChI is InChI=1S/C24H37N3O2S/c1-6-20-22(29)27(17-14-25-12-15-26(16-13-25)21(28)7-2)23(30-20)18-8-10-19(11-9-18)24(3,4)5/h8-11,20,23H,6-7,12-17H2,1-5H3/p+1/t20-,23+/m0/s1. The van der Waals surface area contributed by atoms with Crippen LogP contribution in [0.3, 0.4) is 0 Å². The lowest BCUT2D eigenvalue weighted by molar-refractivity contribution is -0.903. The summed E-state index contributed by atoms with van der Waals surface area (Å²) in [5.41, 5.74) is 2.68. The molecule has 5 nitrogen and oxygen atoms in total. The van der Waals surface area contributed by atoms with Crippen molar-refractivity contribution >= 4 is 23.6 Å². The number of quaternary nitrogens is 1. The van der Waals surface area contributed by atoms with Gasteiger partial charge in [0.1, 0.15) is 5.37 Å². The molecule has 0 aromatic heterocycles.